The number of anilines is 1. The molecule has 1 N–H and O–H groups in total. The number of hydrogen-bond donors (Lipinski definition) is 1. The first-order valence-corrected chi connectivity index (χ1v) is 10.5. The maximum atomic E-state index is 12.9. The normalized spacial score (nSPS) is 13.4. The number of nitrogens with one attached hydrogen (secondary N) is 1. The van der Waals surface area contributed by atoms with Gasteiger partial charge < -0.3 is 28.7 Å². The maximum Gasteiger partial charge on any atom is 0.291 e. The standard InChI is InChI=1S/C26H27NO6/c1-15-11-16-9-10-26(2,3)18(16)14-20(15)33-23-8-7-19(32-23)25(28)27-24-21(30-5)12-17(29-4)13-22(24)31-6/h7-14H,1-6H3,(H,27,28). The number of hydrogen-bond acceptors (Lipinski definition) is 6. The van der Waals surface area contributed by atoms with Crippen LogP contribution in [0.25, 0.3) is 6.08 Å². The molecule has 0 fully saturated rings. The summed E-state index contributed by atoms with van der Waals surface area (Å²) in [7, 11) is 4.54. The van der Waals surface area contributed by atoms with Crippen molar-refractivity contribution in [2.75, 3.05) is 26.6 Å². The van der Waals surface area contributed by atoms with Crippen LogP contribution in [0.3, 0.4) is 0 Å². The highest BCUT2D eigenvalue weighted by atomic mass is 16.6. The van der Waals surface area contributed by atoms with Gasteiger partial charge in [-0.05, 0) is 41.8 Å². The van der Waals surface area contributed by atoms with Crippen LogP contribution in [-0.2, 0) is 5.41 Å². The average Bonchev–Trinajstić information content (AvgIpc) is 3.38. The first-order chi connectivity index (χ1) is 15.7. The molecule has 0 bridgehead atoms. The van der Waals surface area contributed by atoms with Gasteiger partial charge in [0.25, 0.3) is 11.9 Å². The number of carbonyl (C=O) groups excluding carboxylic acids is 1. The van der Waals surface area contributed by atoms with Gasteiger partial charge in [-0.3, -0.25) is 4.79 Å². The van der Waals surface area contributed by atoms with E-state index >= 15 is 0 Å². The number of rotatable bonds is 7. The van der Waals surface area contributed by atoms with Gasteiger partial charge in [0, 0.05) is 23.6 Å². The highest BCUT2D eigenvalue weighted by Gasteiger charge is 2.26. The third-order valence-electron chi connectivity index (χ3n) is 5.69. The topological polar surface area (TPSA) is 79.2 Å². The van der Waals surface area contributed by atoms with Crippen LogP contribution in [0.2, 0.25) is 0 Å². The molecule has 1 aliphatic carbocycles. The molecule has 1 heterocycles. The smallest absolute Gasteiger partial charge is 0.291 e. The monoisotopic (exact) mass is 449 g/mol. The molecule has 4 rings (SSSR count). The summed E-state index contributed by atoms with van der Waals surface area (Å²) in [5, 5.41) is 2.78. The van der Waals surface area contributed by atoms with Gasteiger partial charge in [0.05, 0.1) is 21.3 Å². The van der Waals surface area contributed by atoms with Crippen LogP contribution in [0.15, 0.2) is 46.9 Å². The fourth-order valence-electron chi connectivity index (χ4n) is 3.81. The van der Waals surface area contributed by atoms with Crippen molar-refractivity contribution in [2.45, 2.75) is 26.2 Å². The van der Waals surface area contributed by atoms with Gasteiger partial charge in [-0.15, -0.1) is 0 Å². The van der Waals surface area contributed by atoms with E-state index in [1.807, 2.05) is 13.0 Å². The fourth-order valence-corrected chi connectivity index (χ4v) is 3.81. The summed E-state index contributed by atoms with van der Waals surface area (Å²) in [6.45, 7) is 6.30. The summed E-state index contributed by atoms with van der Waals surface area (Å²) in [5.41, 5.74) is 3.66. The zero-order valence-electron chi connectivity index (χ0n) is 19.6. The number of aryl methyl sites for hydroxylation is 1. The van der Waals surface area contributed by atoms with Crippen LogP contribution in [0.5, 0.6) is 28.9 Å². The van der Waals surface area contributed by atoms with Gasteiger partial charge in [0.1, 0.15) is 28.7 Å². The Balaban J connectivity index is 1.55. The van der Waals surface area contributed by atoms with E-state index in [1.165, 1.54) is 32.5 Å². The minimum Gasteiger partial charge on any atom is -0.496 e. The van der Waals surface area contributed by atoms with E-state index in [1.54, 1.807) is 24.3 Å². The Bertz CT molecular complexity index is 1210. The second-order valence-corrected chi connectivity index (χ2v) is 8.34. The van der Waals surface area contributed by atoms with Crippen molar-refractivity contribution in [2.24, 2.45) is 0 Å². The predicted octanol–water partition coefficient (Wildman–Crippen LogP) is 5.96. The van der Waals surface area contributed by atoms with Gasteiger partial charge >= 0.3 is 0 Å². The van der Waals surface area contributed by atoms with Crippen molar-refractivity contribution >= 4 is 17.7 Å². The summed E-state index contributed by atoms with van der Waals surface area (Å²) in [6, 6.07) is 10.6. The molecule has 0 saturated carbocycles. The van der Waals surface area contributed by atoms with Crippen LogP contribution in [0, 0.1) is 6.92 Å². The molecular weight excluding hydrogens is 422 g/mol. The molecule has 0 aliphatic heterocycles. The van der Waals surface area contributed by atoms with E-state index in [-0.39, 0.29) is 17.1 Å². The lowest BCUT2D eigenvalue weighted by atomic mass is 9.86. The lowest BCUT2D eigenvalue weighted by molar-refractivity contribution is 0.0991. The molecule has 0 spiro atoms. The number of allylic oxidation sites excluding steroid dienone is 1. The molecule has 7 nitrogen and oxygen atoms in total. The number of fused-ring (bicyclic) bond motifs is 1. The summed E-state index contributed by atoms with van der Waals surface area (Å²) in [4.78, 5) is 12.9. The maximum absolute atomic E-state index is 12.9. The summed E-state index contributed by atoms with van der Waals surface area (Å²) in [6.07, 6.45) is 4.31. The predicted molar refractivity (Wildman–Crippen MR) is 126 cm³/mol. The molecule has 7 heteroatoms. The van der Waals surface area contributed by atoms with Crippen LogP contribution in [0.4, 0.5) is 5.69 Å². The summed E-state index contributed by atoms with van der Waals surface area (Å²) >= 11 is 0. The van der Waals surface area contributed by atoms with Crippen molar-refractivity contribution in [1.29, 1.82) is 0 Å². The van der Waals surface area contributed by atoms with Crippen molar-refractivity contribution in [3.05, 3.63) is 64.9 Å². The molecule has 0 unspecified atom stereocenters. The third kappa shape index (κ3) is 4.26. The number of benzene rings is 2. The van der Waals surface area contributed by atoms with E-state index in [0.717, 1.165) is 5.56 Å². The van der Waals surface area contributed by atoms with Gasteiger partial charge in [0.15, 0.2) is 5.76 Å². The Morgan fingerprint density at radius 3 is 2.27 bits per heavy atom. The lowest BCUT2D eigenvalue weighted by Crippen LogP contribution is -2.13. The molecule has 172 valence electrons. The van der Waals surface area contributed by atoms with Crippen LogP contribution in [-0.4, -0.2) is 27.2 Å². The van der Waals surface area contributed by atoms with Gasteiger partial charge in [-0.1, -0.05) is 26.0 Å². The van der Waals surface area contributed by atoms with Crippen LogP contribution < -0.4 is 24.3 Å². The zero-order valence-corrected chi connectivity index (χ0v) is 19.6. The van der Waals surface area contributed by atoms with Crippen molar-refractivity contribution in [3.63, 3.8) is 0 Å². The third-order valence-corrected chi connectivity index (χ3v) is 5.69. The minimum atomic E-state index is -0.470. The fraction of sp³-hybridized carbons (Fsp3) is 0.269. The van der Waals surface area contributed by atoms with Gasteiger partial charge in [-0.25, -0.2) is 0 Å². The molecule has 0 radical (unpaired) electrons. The Morgan fingerprint density at radius 2 is 1.64 bits per heavy atom. The molecule has 0 atom stereocenters. The summed E-state index contributed by atoms with van der Waals surface area (Å²) in [5.74, 6) is 1.86. The van der Waals surface area contributed by atoms with Crippen molar-refractivity contribution < 1.29 is 28.2 Å². The molecule has 3 aromatic rings. The van der Waals surface area contributed by atoms with Crippen LogP contribution in [0.1, 0.15) is 41.1 Å². The first kappa shape index (κ1) is 22.3. The summed E-state index contributed by atoms with van der Waals surface area (Å²) < 4.78 is 27.7. The van der Waals surface area contributed by atoms with E-state index in [4.69, 9.17) is 23.4 Å². The Morgan fingerprint density at radius 1 is 0.939 bits per heavy atom. The highest BCUT2D eigenvalue weighted by molar-refractivity contribution is 6.04. The van der Waals surface area contributed by atoms with E-state index in [9.17, 15) is 4.79 Å². The van der Waals surface area contributed by atoms with E-state index in [0.29, 0.717) is 28.7 Å². The van der Waals surface area contributed by atoms with Crippen molar-refractivity contribution in [1.82, 2.24) is 0 Å². The second kappa shape index (κ2) is 8.58. The van der Waals surface area contributed by atoms with E-state index < -0.39 is 5.91 Å². The Hall–Kier alpha value is -3.87. The minimum absolute atomic E-state index is 0.0637. The Kier molecular flexibility index (Phi) is 5.80. The number of ether oxygens (including phenoxy) is 4. The van der Waals surface area contributed by atoms with Gasteiger partial charge in [0.2, 0.25) is 0 Å². The van der Waals surface area contributed by atoms with E-state index in [2.05, 4.69) is 37.4 Å². The number of amides is 1. The molecule has 1 amide bonds. The molecule has 1 aliphatic rings. The lowest BCUT2D eigenvalue weighted by Gasteiger charge is -2.19. The zero-order chi connectivity index (χ0) is 23.8. The molecule has 33 heavy (non-hydrogen) atoms. The van der Waals surface area contributed by atoms with Crippen LogP contribution >= 0.6 is 0 Å². The number of carbonyl (C=O) groups is 1. The Labute approximate surface area is 192 Å². The second-order valence-electron chi connectivity index (χ2n) is 8.34. The molecule has 2 aromatic carbocycles. The largest absolute Gasteiger partial charge is 0.496 e. The first-order valence-electron chi connectivity index (χ1n) is 10.5. The molecule has 0 saturated heterocycles. The number of furan rings is 1. The number of methoxy groups -OCH3 is 3. The quantitative estimate of drug-likeness (QED) is 0.479. The molecule has 1 aromatic heterocycles. The SMILES string of the molecule is COc1cc(OC)c(NC(=O)c2ccc(Oc3cc4c(cc3C)C=CC4(C)C)o2)c(OC)c1. The highest BCUT2D eigenvalue weighted by Crippen LogP contribution is 2.41. The average molecular weight is 450 g/mol. The van der Waals surface area contributed by atoms with Gasteiger partial charge in [-0.2, -0.15) is 0 Å². The van der Waals surface area contributed by atoms with Crippen molar-refractivity contribution in [3.8, 4) is 28.9 Å². The molecular formula is C26H27NO6.